The van der Waals surface area contributed by atoms with Gasteiger partial charge in [0.25, 0.3) is 0 Å². The van der Waals surface area contributed by atoms with E-state index < -0.39 is 5.60 Å². The van der Waals surface area contributed by atoms with Crippen molar-refractivity contribution in [3.8, 4) is 0 Å². The summed E-state index contributed by atoms with van der Waals surface area (Å²) in [7, 11) is 0. The van der Waals surface area contributed by atoms with Gasteiger partial charge in [0.15, 0.2) is 0 Å². The van der Waals surface area contributed by atoms with Crippen LogP contribution in [-0.4, -0.2) is 34.3 Å². The smallest absolute Gasteiger partial charge is 0.0771 e. The molecule has 3 heteroatoms. The molecule has 1 saturated heterocycles. The average molecular weight is 257 g/mol. The van der Waals surface area contributed by atoms with Gasteiger partial charge < -0.3 is 10.4 Å². The van der Waals surface area contributed by atoms with Gasteiger partial charge in [-0.05, 0) is 38.0 Å². The number of rotatable bonds is 4. The third-order valence-electron chi connectivity index (χ3n) is 4.53. The minimum atomic E-state index is -0.415. The molecule has 0 radical (unpaired) electrons. The van der Waals surface area contributed by atoms with E-state index >= 15 is 0 Å². The van der Waals surface area contributed by atoms with Crippen molar-refractivity contribution in [2.45, 2.75) is 69.3 Å². The van der Waals surface area contributed by atoms with E-state index in [0.717, 1.165) is 30.6 Å². The normalized spacial score (nSPS) is 42.9. The molecule has 2 rings (SSSR count). The van der Waals surface area contributed by atoms with E-state index in [1.165, 1.54) is 31.4 Å². The number of aliphatic hydroxyl groups is 1. The Hall–Kier alpha value is 0.270. The summed E-state index contributed by atoms with van der Waals surface area (Å²) in [4.78, 5) is 0. The number of hydrogen-bond acceptors (Lipinski definition) is 3. The first-order chi connectivity index (χ1) is 8.11. The van der Waals surface area contributed by atoms with Crippen LogP contribution in [0.3, 0.4) is 0 Å². The second-order valence-corrected chi connectivity index (χ2v) is 7.50. The summed E-state index contributed by atoms with van der Waals surface area (Å²) >= 11 is 2.05. The molecule has 2 aliphatic rings. The van der Waals surface area contributed by atoms with Crippen LogP contribution in [0.1, 0.15) is 52.4 Å². The Labute approximate surface area is 110 Å². The first-order valence-electron chi connectivity index (χ1n) is 7.18. The average Bonchev–Trinajstić information content (AvgIpc) is 2.74. The summed E-state index contributed by atoms with van der Waals surface area (Å²) < 4.78 is 0. The second-order valence-electron chi connectivity index (χ2n) is 6.03. The van der Waals surface area contributed by atoms with Gasteiger partial charge in [-0.25, -0.2) is 0 Å². The highest BCUT2D eigenvalue weighted by Gasteiger charge is 2.33. The molecule has 1 heterocycles. The van der Waals surface area contributed by atoms with E-state index in [0.29, 0.717) is 6.04 Å². The Morgan fingerprint density at radius 1 is 1.35 bits per heavy atom. The molecule has 0 spiro atoms. The van der Waals surface area contributed by atoms with E-state index in [9.17, 15) is 5.11 Å². The SMILES string of the molecule is CCC1CCC(O)(CNC2CSC(C)C2)CC1. The van der Waals surface area contributed by atoms with E-state index in [1.807, 2.05) is 0 Å². The lowest BCUT2D eigenvalue weighted by atomic mass is 9.78. The molecule has 2 unspecified atom stereocenters. The van der Waals surface area contributed by atoms with Crippen molar-refractivity contribution >= 4 is 11.8 Å². The highest BCUT2D eigenvalue weighted by Crippen LogP contribution is 2.34. The van der Waals surface area contributed by atoms with Gasteiger partial charge in [-0.2, -0.15) is 11.8 Å². The van der Waals surface area contributed by atoms with Crippen LogP contribution in [0.2, 0.25) is 0 Å². The van der Waals surface area contributed by atoms with Crippen LogP contribution in [0.25, 0.3) is 0 Å². The summed E-state index contributed by atoms with van der Waals surface area (Å²) in [5.41, 5.74) is -0.415. The standard InChI is InChI=1S/C14H27NOS/c1-3-12-4-6-14(16,7-5-12)10-15-13-8-11(2)17-9-13/h11-13,15-16H,3-10H2,1-2H3. The zero-order valence-corrected chi connectivity index (χ0v) is 12.1. The fourth-order valence-electron chi connectivity index (χ4n) is 3.09. The third kappa shape index (κ3) is 3.87. The van der Waals surface area contributed by atoms with Gasteiger partial charge in [0, 0.05) is 23.6 Å². The molecule has 17 heavy (non-hydrogen) atoms. The van der Waals surface area contributed by atoms with E-state index in [1.54, 1.807) is 0 Å². The molecule has 2 fully saturated rings. The molecule has 2 N–H and O–H groups in total. The molecule has 0 amide bonds. The molecule has 1 aliphatic carbocycles. The largest absolute Gasteiger partial charge is 0.389 e. The van der Waals surface area contributed by atoms with Crippen molar-refractivity contribution < 1.29 is 5.11 Å². The fraction of sp³-hybridized carbons (Fsp3) is 1.00. The number of nitrogens with one attached hydrogen (secondary N) is 1. The molecule has 100 valence electrons. The third-order valence-corrected chi connectivity index (χ3v) is 5.89. The van der Waals surface area contributed by atoms with Gasteiger partial charge in [-0.15, -0.1) is 0 Å². The fourth-order valence-corrected chi connectivity index (χ4v) is 4.28. The van der Waals surface area contributed by atoms with Gasteiger partial charge >= 0.3 is 0 Å². The van der Waals surface area contributed by atoms with Crippen LogP contribution in [0, 0.1) is 5.92 Å². The van der Waals surface area contributed by atoms with Gasteiger partial charge in [-0.3, -0.25) is 0 Å². The lowest BCUT2D eigenvalue weighted by Gasteiger charge is -2.36. The van der Waals surface area contributed by atoms with Crippen LogP contribution in [-0.2, 0) is 0 Å². The molecule has 0 bridgehead atoms. The van der Waals surface area contributed by atoms with E-state index in [-0.39, 0.29) is 0 Å². The van der Waals surface area contributed by atoms with E-state index in [4.69, 9.17) is 0 Å². The van der Waals surface area contributed by atoms with Crippen molar-refractivity contribution in [3.63, 3.8) is 0 Å². The number of thioether (sulfide) groups is 1. The quantitative estimate of drug-likeness (QED) is 0.812. The van der Waals surface area contributed by atoms with Crippen molar-refractivity contribution in [1.29, 1.82) is 0 Å². The highest BCUT2D eigenvalue weighted by molar-refractivity contribution is 8.00. The van der Waals surface area contributed by atoms with Crippen LogP contribution in [0.4, 0.5) is 0 Å². The van der Waals surface area contributed by atoms with Gasteiger partial charge in [0.05, 0.1) is 5.60 Å². The van der Waals surface area contributed by atoms with Crippen molar-refractivity contribution in [2.24, 2.45) is 5.92 Å². The first kappa shape index (κ1) is 13.7. The Morgan fingerprint density at radius 3 is 2.59 bits per heavy atom. The van der Waals surface area contributed by atoms with Crippen molar-refractivity contribution in [2.75, 3.05) is 12.3 Å². The topological polar surface area (TPSA) is 32.3 Å². The maximum atomic E-state index is 10.5. The van der Waals surface area contributed by atoms with Crippen LogP contribution >= 0.6 is 11.8 Å². The molecule has 0 aromatic carbocycles. The predicted octanol–water partition coefficient (Wildman–Crippen LogP) is 2.80. The predicted molar refractivity (Wildman–Crippen MR) is 75.5 cm³/mol. The minimum Gasteiger partial charge on any atom is -0.389 e. The molecule has 0 aromatic heterocycles. The zero-order chi connectivity index (χ0) is 12.3. The molecule has 2 atom stereocenters. The summed E-state index contributed by atoms with van der Waals surface area (Å²) in [6.07, 6.45) is 6.95. The van der Waals surface area contributed by atoms with Gasteiger partial charge in [0.2, 0.25) is 0 Å². The summed E-state index contributed by atoms with van der Waals surface area (Å²) in [5.74, 6) is 2.08. The monoisotopic (exact) mass is 257 g/mol. The second kappa shape index (κ2) is 5.94. The molecule has 1 aliphatic heterocycles. The van der Waals surface area contributed by atoms with Crippen LogP contribution in [0.15, 0.2) is 0 Å². The molecular weight excluding hydrogens is 230 g/mol. The molecule has 1 saturated carbocycles. The maximum Gasteiger partial charge on any atom is 0.0771 e. The van der Waals surface area contributed by atoms with Gasteiger partial charge in [0.1, 0.15) is 0 Å². The molecular formula is C14H27NOS. The van der Waals surface area contributed by atoms with Crippen molar-refractivity contribution in [3.05, 3.63) is 0 Å². The van der Waals surface area contributed by atoms with Gasteiger partial charge in [-0.1, -0.05) is 20.3 Å². The molecule has 0 aromatic rings. The molecule has 2 nitrogen and oxygen atoms in total. The number of hydrogen-bond donors (Lipinski definition) is 2. The Balaban J connectivity index is 1.71. The Bertz CT molecular complexity index is 238. The Kier molecular flexibility index (Phi) is 4.79. The highest BCUT2D eigenvalue weighted by atomic mass is 32.2. The van der Waals surface area contributed by atoms with Crippen molar-refractivity contribution in [1.82, 2.24) is 5.32 Å². The minimum absolute atomic E-state index is 0.415. The summed E-state index contributed by atoms with van der Waals surface area (Å²) in [6.45, 7) is 5.37. The van der Waals surface area contributed by atoms with Crippen LogP contribution in [0.5, 0.6) is 0 Å². The lowest BCUT2D eigenvalue weighted by molar-refractivity contribution is -0.0102. The lowest BCUT2D eigenvalue weighted by Crippen LogP contribution is -2.46. The summed E-state index contributed by atoms with van der Waals surface area (Å²) in [6, 6.07) is 0.628. The van der Waals surface area contributed by atoms with Crippen LogP contribution < -0.4 is 5.32 Å². The summed E-state index contributed by atoms with van der Waals surface area (Å²) in [5, 5.41) is 14.9. The maximum absolute atomic E-state index is 10.5. The van der Waals surface area contributed by atoms with E-state index in [2.05, 4.69) is 30.9 Å². The zero-order valence-electron chi connectivity index (χ0n) is 11.2. The first-order valence-corrected chi connectivity index (χ1v) is 8.23. The Morgan fingerprint density at radius 2 is 2.06 bits per heavy atom.